The molecule has 148 valence electrons. The monoisotopic (exact) mass is 388 g/mol. The molecule has 29 heavy (non-hydrogen) atoms. The minimum absolute atomic E-state index is 0.00172. The summed E-state index contributed by atoms with van der Waals surface area (Å²) >= 11 is 0. The molecule has 1 aliphatic carbocycles. The van der Waals surface area contributed by atoms with E-state index in [-0.39, 0.29) is 18.1 Å². The Balaban J connectivity index is 1.61. The predicted octanol–water partition coefficient (Wildman–Crippen LogP) is 4.60. The van der Waals surface area contributed by atoms with E-state index in [0.29, 0.717) is 11.5 Å². The fourth-order valence-corrected chi connectivity index (χ4v) is 4.53. The Morgan fingerprint density at radius 2 is 1.90 bits per heavy atom. The van der Waals surface area contributed by atoms with Crippen LogP contribution in [0.3, 0.4) is 0 Å². The molecule has 1 fully saturated rings. The lowest BCUT2D eigenvalue weighted by atomic mass is 9.91. The molecule has 2 aromatic carbocycles. The number of nitrogens with zero attached hydrogens (tertiary/aromatic N) is 3. The molecule has 0 bridgehead atoms. The maximum atomic E-state index is 13.3. The van der Waals surface area contributed by atoms with E-state index >= 15 is 0 Å². The van der Waals surface area contributed by atoms with E-state index in [1.165, 1.54) is 12.7 Å². The topological polar surface area (TPSA) is 69.0 Å². The highest BCUT2D eigenvalue weighted by Crippen LogP contribution is 2.38. The van der Waals surface area contributed by atoms with Crippen LogP contribution >= 0.6 is 0 Å². The number of nitrogens with one attached hydrogen (secondary N) is 1. The molecular formula is C23H24N4O2. The number of hydrogen-bond acceptors (Lipinski definition) is 5. The average molecular weight is 388 g/mol. The molecule has 6 heteroatoms. The molecule has 2 aliphatic rings. The van der Waals surface area contributed by atoms with E-state index in [4.69, 9.17) is 4.74 Å². The highest BCUT2D eigenvalue weighted by atomic mass is 16.5. The molecule has 1 N–H and O–H groups in total. The first kappa shape index (κ1) is 17.9. The van der Waals surface area contributed by atoms with Crippen LogP contribution in [0.1, 0.15) is 50.6 Å². The van der Waals surface area contributed by atoms with Gasteiger partial charge >= 0.3 is 5.97 Å². The summed E-state index contributed by atoms with van der Waals surface area (Å²) in [6.45, 7) is 1.91. The number of aromatic nitrogens is 3. The van der Waals surface area contributed by atoms with Gasteiger partial charge in [0.1, 0.15) is 18.5 Å². The van der Waals surface area contributed by atoms with Crippen molar-refractivity contribution < 1.29 is 9.53 Å². The molecule has 3 aromatic rings. The van der Waals surface area contributed by atoms with Gasteiger partial charge in [-0.05, 0) is 48.9 Å². The first-order valence-electron chi connectivity index (χ1n) is 10.3. The van der Waals surface area contributed by atoms with Gasteiger partial charge in [-0.2, -0.15) is 10.1 Å². The zero-order valence-electron chi connectivity index (χ0n) is 16.5. The van der Waals surface area contributed by atoms with Gasteiger partial charge in [0.05, 0.1) is 5.57 Å². The van der Waals surface area contributed by atoms with Gasteiger partial charge in [0.15, 0.2) is 0 Å². The second-order valence-electron chi connectivity index (χ2n) is 7.83. The molecule has 0 radical (unpaired) electrons. The maximum Gasteiger partial charge on any atom is 0.338 e. The van der Waals surface area contributed by atoms with Gasteiger partial charge in [0, 0.05) is 5.70 Å². The van der Waals surface area contributed by atoms with Crippen molar-refractivity contribution >= 4 is 22.7 Å². The zero-order valence-corrected chi connectivity index (χ0v) is 16.5. The summed E-state index contributed by atoms with van der Waals surface area (Å²) in [7, 11) is 0. The Morgan fingerprint density at radius 3 is 2.76 bits per heavy atom. The Morgan fingerprint density at radius 1 is 1.10 bits per heavy atom. The number of benzene rings is 2. The molecule has 0 saturated heterocycles. The molecule has 6 nitrogen and oxygen atoms in total. The molecule has 1 aromatic heterocycles. The summed E-state index contributed by atoms with van der Waals surface area (Å²) in [6.07, 6.45) is 6.86. The fourth-order valence-electron chi connectivity index (χ4n) is 4.53. The third kappa shape index (κ3) is 3.18. The summed E-state index contributed by atoms with van der Waals surface area (Å²) in [5.74, 6) is 0.371. The van der Waals surface area contributed by atoms with E-state index in [0.717, 1.165) is 47.7 Å². The van der Waals surface area contributed by atoms with Crippen molar-refractivity contribution in [3.05, 3.63) is 65.6 Å². The minimum atomic E-state index is -0.379. The van der Waals surface area contributed by atoms with Crippen LogP contribution in [0.5, 0.6) is 0 Å². The van der Waals surface area contributed by atoms with E-state index in [2.05, 4.69) is 39.7 Å². The van der Waals surface area contributed by atoms with Gasteiger partial charge in [-0.1, -0.05) is 48.9 Å². The van der Waals surface area contributed by atoms with Crippen LogP contribution in [0, 0.1) is 0 Å². The number of anilines is 1. The van der Waals surface area contributed by atoms with E-state index in [1.54, 1.807) is 4.68 Å². The van der Waals surface area contributed by atoms with Gasteiger partial charge < -0.3 is 10.1 Å². The summed E-state index contributed by atoms with van der Waals surface area (Å²) in [4.78, 5) is 17.7. The molecule has 1 unspecified atom stereocenters. The van der Waals surface area contributed by atoms with E-state index in [9.17, 15) is 4.79 Å². The van der Waals surface area contributed by atoms with E-state index in [1.807, 2.05) is 25.1 Å². The smallest absolute Gasteiger partial charge is 0.338 e. The Kier molecular flexibility index (Phi) is 4.54. The molecule has 5 rings (SSSR count). The lowest BCUT2D eigenvalue weighted by Crippen LogP contribution is -2.32. The Hall–Kier alpha value is -3.15. The van der Waals surface area contributed by atoms with Gasteiger partial charge in [-0.25, -0.2) is 9.48 Å². The van der Waals surface area contributed by atoms with Crippen LogP contribution in [0.2, 0.25) is 0 Å². The normalized spacial score (nSPS) is 19.7. The number of ether oxygens (including phenoxy) is 1. The minimum Gasteiger partial charge on any atom is -0.459 e. The first-order valence-corrected chi connectivity index (χ1v) is 10.3. The molecule has 1 aliphatic heterocycles. The van der Waals surface area contributed by atoms with E-state index < -0.39 is 0 Å². The van der Waals surface area contributed by atoms with Crippen LogP contribution in [0.25, 0.3) is 10.8 Å². The van der Waals surface area contributed by atoms with Crippen molar-refractivity contribution in [2.24, 2.45) is 0 Å². The lowest BCUT2D eigenvalue weighted by Gasteiger charge is -2.30. The number of rotatable bonds is 3. The van der Waals surface area contributed by atoms with Gasteiger partial charge in [0.2, 0.25) is 5.95 Å². The SMILES string of the molecule is CC1=C(C(=O)OC2CCCCC2)C(c2cccc3ccccc23)n2ncnc2N1. The van der Waals surface area contributed by atoms with Crippen LogP contribution < -0.4 is 5.32 Å². The van der Waals surface area contributed by atoms with Crippen molar-refractivity contribution in [2.45, 2.75) is 51.2 Å². The third-order valence-electron chi connectivity index (χ3n) is 5.96. The number of hydrogen-bond donors (Lipinski definition) is 1. The van der Waals surface area contributed by atoms with Crippen molar-refractivity contribution in [3.8, 4) is 0 Å². The van der Waals surface area contributed by atoms with Crippen LogP contribution in [-0.4, -0.2) is 26.8 Å². The van der Waals surface area contributed by atoms with Crippen LogP contribution in [0.4, 0.5) is 5.95 Å². The predicted molar refractivity (Wildman–Crippen MR) is 111 cm³/mol. The largest absolute Gasteiger partial charge is 0.459 e. The number of carbonyl (C=O) groups is 1. The number of allylic oxidation sites excluding steroid dienone is 1. The maximum absolute atomic E-state index is 13.3. The Bertz CT molecular complexity index is 1090. The second kappa shape index (κ2) is 7.35. The van der Waals surface area contributed by atoms with Crippen molar-refractivity contribution in [2.75, 3.05) is 5.32 Å². The quantitative estimate of drug-likeness (QED) is 0.664. The molecule has 1 saturated carbocycles. The van der Waals surface area contributed by atoms with Crippen molar-refractivity contribution in [3.63, 3.8) is 0 Å². The lowest BCUT2D eigenvalue weighted by molar-refractivity contribution is -0.146. The molecular weight excluding hydrogens is 364 g/mol. The number of carbonyl (C=O) groups excluding carboxylic acids is 1. The standard InChI is InChI=1S/C23H24N4O2/c1-15-20(22(28)29-17-10-3-2-4-11-17)21(27-23(26-15)24-14-25-27)19-13-7-9-16-8-5-6-12-18(16)19/h5-9,12-14,17,21H,2-4,10-11H2,1H3,(H,24,25,26). The van der Waals surface area contributed by atoms with Gasteiger partial charge in [-0.3, -0.25) is 0 Å². The second-order valence-corrected chi connectivity index (χ2v) is 7.83. The highest BCUT2D eigenvalue weighted by Gasteiger charge is 2.36. The average Bonchev–Trinajstić information content (AvgIpc) is 3.21. The van der Waals surface area contributed by atoms with Crippen LogP contribution in [0.15, 0.2) is 60.1 Å². The summed E-state index contributed by atoms with van der Waals surface area (Å²) < 4.78 is 7.74. The van der Waals surface area contributed by atoms with Crippen molar-refractivity contribution in [1.82, 2.24) is 14.8 Å². The molecule has 1 atom stereocenters. The zero-order chi connectivity index (χ0) is 19.8. The van der Waals surface area contributed by atoms with Crippen LogP contribution in [-0.2, 0) is 9.53 Å². The summed E-state index contributed by atoms with van der Waals surface area (Å²) in [6, 6.07) is 14.0. The molecule has 0 spiro atoms. The molecule has 0 amide bonds. The summed E-state index contributed by atoms with van der Waals surface area (Å²) in [5, 5.41) is 9.88. The number of esters is 1. The molecule has 2 heterocycles. The Labute approximate surface area is 169 Å². The first-order chi connectivity index (χ1) is 14.2. The third-order valence-corrected chi connectivity index (χ3v) is 5.96. The number of fused-ring (bicyclic) bond motifs is 2. The fraction of sp³-hybridized carbons (Fsp3) is 0.348. The van der Waals surface area contributed by atoms with Gasteiger partial charge in [0.25, 0.3) is 0 Å². The highest BCUT2D eigenvalue weighted by molar-refractivity contribution is 5.95. The van der Waals surface area contributed by atoms with Crippen molar-refractivity contribution in [1.29, 1.82) is 0 Å². The van der Waals surface area contributed by atoms with Gasteiger partial charge in [-0.15, -0.1) is 0 Å². The summed E-state index contributed by atoms with van der Waals surface area (Å²) in [5.41, 5.74) is 2.39.